The number of fused-ring (bicyclic) bond motifs is 4. The van der Waals surface area contributed by atoms with Gasteiger partial charge in [0.05, 0.1) is 18.1 Å². The third-order valence-corrected chi connectivity index (χ3v) is 3.74. The molecular weight excluding hydrogens is 286 g/mol. The van der Waals surface area contributed by atoms with Crippen LogP contribution >= 0.6 is 0 Å². The van der Waals surface area contributed by atoms with E-state index in [-0.39, 0.29) is 12.4 Å². The summed E-state index contributed by atoms with van der Waals surface area (Å²) in [4.78, 5) is 26.7. The fourth-order valence-electron chi connectivity index (χ4n) is 2.66. The molecule has 0 atom stereocenters. The lowest BCUT2D eigenvalue weighted by Crippen LogP contribution is -2.07. The van der Waals surface area contributed by atoms with Crippen LogP contribution in [0.1, 0.15) is 10.4 Å². The highest BCUT2D eigenvalue weighted by atomic mass is 16.7. The number of ether oxygens (including phenoxy) is 3. The van der Waals surface area contributed by atoms with Gasteiger partial charge in [0.15, 0.2) is 11.5 Å². The molecule has 0 saturated heterocycles. The number of esters is 1. The third kappa shape index (κ3) is 1.74. The molecule has 0 amide bonds. The first-order chi connectivity index (χ1) is 10.7. The molecule has 6 heteroatoms. The average Bonchev–Trinajstić information content (AvgIpc) is 3.00. The van der Waals surface area contributed by atoms with Crippen LogP contribution in [0.25, 0.3) is 21.7 Å². The quantitative estimate of drug-likeness (QED) is 0.550. The summed E-state index contributed by atoms with van der Waals surface area (Å²) in [7, 11) is 1.33. The van der Waals surface area contributed by atoms with Gasteiger partial charge in [0.1, 0.15) is 0 Å². The molecule has 1 aliphatic rings. The number of rotatable bonds is 1. The molecule has 0 aliphatic carbocycles. The predicted octanol–water partition coefficient (Wildman–Crippen LogP) is 2.20. The summed E-state index contributed by atoms with van der Waals surface area (Å²) in [5, 5.41) is 1.93. The van der Waals surface area contributed by atoms with Crippen LogP contribution in [0.3, 0.4) is 0 Å². The molecule has 6 nitrogen and oxygen atoms in total. The molecule has 2 aromatic carbocycles. The summed E-state index contributed by atoms with van der Waals surface area (Å²) in [6, 6.07) is 8.41. The molecule has 1 aliphatic heterocycles. The molecule has 2 heterocycles. The minimum absolute atomic E-state index is 0.134. The van der Waals surface area contributed by atoms with E-state index in [0.29, 0.717) is 33.4 Å². The number of pyridine rings is 1. The van der Waals surface area contributed by atoms with Crippen molar-refractivity contribution >= 4 is 27.6 Å². The highest BCUT2D eigenvalue weighted by molar-refractivity contribution is 6.08. The second kappa shape index (κ2) is 4.49. The zero-order valence-corrected chi connectivity index (χ0v) is 11.6. The van der Waals surface area contributed by atoms with Crippen molar-refractivity contribution in [2.75, 3.05) is 13.9 Å². The van der Waals surface area contributed by atoms with Crippen molar-refractivity contribution in [3.63, 3.8) is 0 Å². The van der Waals surface area contributed by atoms with Crippen molar-refractivity contribution in [3.8, 4) is 11.5 Å². The fraction of sp³-hybridized carbons (Fsp3) is 0.125. The molecule has 0 bridgehead atoms. The van der Waals surface area contributed by atoms with Crippen molar-refractivity contribution in [2.45, 2.75) is 0 Å². The number of methoxy groups -OCH3 is 1. The number of carbonyl (C=O) groups is 1. The van der Waals surface area contributed by atoms with Crippen molar-refractivity contribution in [2.24, 2.45) is 0 Å². The number of nitrogens with one attached hydrogen (secondary N) is 1. The van der Waals surface area contributed by atoms with Crippen LogP contribution in [0.4, 0.5) is 0 Å². The van der Waals surface area contributed by atoms with E-state index in [1.54, 1.807) is 30.3 Å². The van der Waals surface area contributed by atoms with E-state index in [1.165, 1.54) is 7.11 Å². The monoisotopic (exact) mass is 297 g/mol. The van der Waals surface area contributed by atoms with E-state index in [4.69, 9.17) is 14.2 Å². The number of benzene rings is 2. The highest BCUT2D eigenvalue weighted by Crippen LogP contribution is 2.37. The lowest BCUT2D eigenvalue weighted by molar-refractivity contribution is 0.0601. The van der Waals surface area contributed by atoms with Crippen LogP contribution in [0.15, 0.2) is 35.1 Å². The van der Waals surface area contributed by atoms with Crippen LogP contribution in [0, 0.1) is 0 Å². The zero-order chi connectivity index (χ0) is 15.3. The maximum atomic E-state index is 12.2. The largest absolute Gasteiger partial charge is 0.465 e. The van der Waals surface area contributed by atoms with Gasteiger partial charge in [-0.2, -0.15) is 0 Å². The topological polar surface area (TPSA) is 77.6 Å². The Balaban J connectivity index is 2.11. The summed E-state index contributed by atoms with van der Waals surface area (Å²) in [5.74, 6) is 0.700. The van der Waals surface area contributed by atoms with Crippen molar-refractivity contribution in [3.05, 3.63) is 46.2 Å². The number of carbonyl (C=O) groups excluding carboxylic acids is 1. The minimum atomic E-state index is -0.429. The van der Waals surface area contributed by atoms with Gasteiger partial charge in [-0.05, 0) is 30.3 Å². The van der Waals surface area contributed by atoms with Crippen molar-refractivity contribution in [1.82, 2.24) is 4.98 Å². The number of aromatic amines is 1. The van der Waals surface area contributed by atoms with Gasteiger partial charge in [-0.1, -0.05) is 0 Å². The summed E-state index contributed by atoms with van der Waals surface area (Å²) in [6.45, 7) is 0.134. The van der Waals surface area contributed by atoms with Crippen molar-refractivity contribution in [1.29, 1.82) is 0 Å². The van der Waals surface area contributed by atoms with Crippen LogP contribution < -0.4 is 15.0 Å². The van der Waals surface area contributed by atoms with Gasteiger partial charge in [0.2, 0.25) is 6.79 Å². The molecular formula is C16H11NO5. The Morgan fingerprint density at radius 2 is 1.82 bits per heavy atom. The smallest absolute Gasteiger partial charge is 0.337 e. The molecule has 0 spiro atoms. The molecule has 1 aromatic heterocycles. The van der Waals surface area contributed by atoms with Crippen LogP contribution in [0.2, 0.25) is 0 Å². The summed E-state index contributed by atoms with van der Waals surface area (Å²) >= 11 is 0. The second-order valence-corrected chi connectivity index (χ2v) is 4.96. The lowest BCUT2D eigenvalue weighted by Gasteiger charge is -2.07. The van der Waals surface area contributed by atoms with Gasteiger partial charge < -0.3 is 19.2 Å². The first-order valence-corrected chi connectivity index (χ1v) is 6.65. The molecule has 4 rings (SSSR count). The zero-order valence-electron chi connectivity index (χ0n) is 11.6. The van der Waals surface area contributed by atoms with Crippen molar-refractivity contribution < 1.29 is 19.0 Å². The molecule has 0 radical (unpaired) electrons. The Morgan fingerprint density at radius 3 is 2.55 bits per heavy atom. The first-order valence-electron chi connectivity index (χ1n) is 6.65. The fourth-order valence-corrected chi connectivity index (χ4v) is 2.66. The van der Waals surface area contributed by atoms with E-state index in [0.717, 1.165) is 5.39 Å². The Labute approximate surface area is 124 Å². The summed E-state index contributed by atoms with van der Waals surface area (Å²) < 4.78 is 15.4. The van der Waals surface area contributed by atoms with Crippen LogP contribution in [0.5, 0.6) is 11.5 Å². The van der Waals surface area contributed by atoms with E-state index in [9.17, 15) is 9.59 Å². The number of hydrogen-bond donors (Lipinski definition) is 1. The number of aromatic nitrogens is 1. The van der Waals surface area contributed by atoms with Crippen LogP contribution in [-0.4, -0.2) is 24.9 Å². The van der Waals surface area contributed by atoms with E-state index in [2.05, 4.69) is 4.98 Å². The summed E-state index contributed by atoms with van der Waals surface area (Å²) in [5.41, 5.74) is 0.844. The van der Waals surface area contributed by atoms with E-state index < -0.39 is 5.97 Å². The Bertz CT molecular complexity index is 989. The summed E-state index contributed by atoms with van der Waals surface area (Å²) in [6.07, 6.45) is 0. The predicted molar refractivity (Wildman–Crippen MR) is 79.5 cm³/mol. The average molecular weight is 297 g/mol. The molecule has 110 valence electrons. The third-order valence-electron chi connectivity index (χ3n) is 3.74. The Hall–Kier alpha value is -3.02. The molecule has 3 aromatic rings. The number of H-pyrrole nitrogens is 1. The SMILES string of the molecule is COC(=O)c1ccc2[nH]c(=O)c3cc4c(cc3c2c1)OCO4. The molecule has 22 heavy (non-hydrogen) atoms. The standard InChI is InChI=1S/C16H11NO5/c1-20-16(19)8-2-3-12-10(4-8)9-5-13-14(22-7-21-13)6-11(9)15(18)17-12/h2-6H,7H2,1H3,(H,17,18). The maximum absolute atomic E-state index is 12.2. The second-order valence-electron chi connectivity index (χ2n) is 4.96. The molecule has 1 N–H and O–H groups in total. The normalized spacial score (nSPS) is 12.8. The van der Waals surface area contributed by atoms with E-state index in [1.807, 2.05) is 0 Å². The number of hydrogen-bond acceptors (Lipinski definition) is 5. The molecule has 0 fully saturated rings. The van der Waals surface area contributed by atoms with Gasteiger partial charge in [-0.3, -0.25) is 4.79 Å². The van der Waals surface area contributed by atoms with Gasteiger partial charge in [0, 0.05) is 16.3 Å². The van der Waals surface area contributed by atoms with Gasteiger partial charge in [-0.15, -0.1) is 0 Å². The highest BCUT2D eigenvalue weighted by Gasteiger charge is 2.17. The van der Waals surface area contributed by atoms with Crippen LogP contribution in [-0.2, 0) is 4.74 Å². The van der Waals surface area contributed by atoms with Gasteiger partial charge in [-0.25, -0.2) is 4.79 Å². The van der Waals surface area contributed by atoms with Gasteiger partial charge >= 0.3 is 5.97 Å². The molecule has 0 unspecified atom stereocenters. The Kier molecular flexibility index (Phi) is 2.59. The molecule has 0 saturated carbocycles. The Morgan fingerprint density at radius 1 is 1.09 bits per heavy atom. The lowest BCUT2D eigenvalue weighted by atomic mass is 10.0. The minimum Gasteiger partial charge on any atom is -0.465 e. The first kappa shape index (κ1) is 12.7. The maximum Gasteiger partial charge on any atom is 0.337 e. The van der Waals surface area contributed by atoms with Gasteiger partial charge in [0.25, 0.3) is 5.56 Å². The van der Waals surface area contributed by atoms with E-state index >= 15 is 0 Å².